The Balaban J connectivity index is 1.34. The van der Waals surface area contributed by atoms with E-state index in [1.165, 1.54) is 41.0 Å². The summed E-state index contributed by atoms with van der Waals surface area (Å²) in [7, 11) is 2.19. The fraction of sp³-hybridized carbons (Fsp3) is 0.435. The van der Waals surface area contributed by atoms with Gasteiger partial charge in [-0.2, -0.15) is 0 Å². The normalized spacial score (nSPS) is 20.9. The van der Waals surface area contributed by atoms with E-state index in [4.69, 9.17) is 0 Å². The first kappa shape index (κ1) is 18.1. The number of para-hydroxylation sites is 1. The van der Waals surface area contributed by atoms with Gasteiger partial charge in [0.25, 0.3) is 5.91 Å². The average Bonchev–Trinajstić information content (AvgIpc) is 2.74. The summed E-state index contributed by atoms with van der Waals surface area (Å²) in [5.41, 5.74) is 4.17. The molecule has 4 nitrogen and oxygen atoms in total. The topological polar surface area (TPSA) is 28.0 Å². The fourth-order valence-corrected chi connectivity index (χ4v) is 4.59. The smallest absolute Gasteiger partial charge is 0.277 e. The van der Waals surface area contributed by atoms with E-state index in [-0.39, 0.29) is 0 Å². The summed E-state index contributed by atoms with van der Waals surface area (Å²) in [6.45, 7) is 4.07. The number of piperazine rings is 1. The van der Waals surface area contributed by atoms with Gasteiger partial charge in [-0.15, -0.1) is 0 Å². The molecule has 0 saturated carbocycles. The highest BCUT2D eigenvalue weighted by Crippen LogP contribution is 2.27. The predicted molar refractivity (Wildman–Crippen MR) is 109 cm³/mol. The Kier molecular flexibility index (Phi) is 5.44. The number of benzene rings is 2. The van der Waals surface area contributed by atoms with Gasteiger partial charge in [-0.25, -0.2) is 0 Å². The van der Waals surface area contributed by atoms with E-state index in [2.05, 4.69) is 65.4 Å². The number of hydrogen-bond acceptors (Lipinski definition) is 2. The van der Waals surface area contributed by atoms with Crippen molar-refractivity contribution in [2.45, 2.75) is 25.3 Å². The molecule has 0 aromatic heterocycles. The van der Waals surface area contributed by atoms with Crippen molar-refractivity contribution in [3.8, 4) is 0 Å². The number of amides is 1. The van der Waals surface area contributed by atoms with E-state index in [9.17, 15) is 4.79 Å². The molecule has 1 aliphatic heterocycles. The molecule has 1 fully saturated rings. The summed E-state index contributed by atoms with van der Waals surface area (Å²) in [5, 5.41) is 0. The Morgan fingerprint density at radius 3 is 2.48 bits per heavy atom. The van der Waals surface area contributed by atoms with Gasteiger partial charge < -0.3 is 14.7 Å². The van der Waals surface area contributed by atoms with E-state index in [0.29, 0.717) is 18.5 Å². The summed E-state index contributed by atoms with van der Waals surface area (Å²) in [4.78, 5) is 18.7. The summed E-state index contributed by atoms with van der Waals surface area (Å²) in [5.74, 6) is 0.295. The number of rotatable bonds is 4. The second-order valence-electron chi connectivity index (χ2n) is 7.87. The van der Waals surface area contributed by atoms with Gasteiger partial charge in [0.1, 0.15) is 6.04 Å². The molecular weight excluding hydrogens is 334 g/mol. The van der Waals surface area contributed by atoms with Crippen LogP contribution in [0.4, 0.5) is 5.69 Å². The Morgan fingerprint density at radius 2 is 1.70 bits per heavy atom. The van der Waals surface area contributed by atoms with Crippen LogP contribution in [0.5, 0.6) is 0 Å². The second-order valence-corrected chi connectivity index (χ2v) is 7.87. The van der Waals surface area contributed by atoms with Crippen LogP contribution in [0.15, 0.2) is 54.6 Å². The number of anilines is 1. The first-order valence-corrected chi connectivity index (χ1v) is 10.2. The van der Waals surface area contributed by atoms with Crippen molar-refractivity contribution >= 4 is 11.6 Å². The highest BCUT2D eigenvalue weighted by atomic mass is 16.2. The Labute approximate surface area is 162 Å². The van der Waals surface area contributed by atoms with Crippen LogP contribution in [-0.4, -0.2) is 50.6 Å². The standard InChI is InChI=1S/C23H29N3O/c1-24(22-13-7-9-19-8-5-6-12-21(19)22)18-23(27)26-16-14-25(15-17-26)20-10-3-2-4-11-20/h2-6,8,10-12,22H,7,9,13-18H2,1H3/p+1/t22-/m1/s1. The van der Waals surface area contributed by atoms with E-state index in [1.54, 1.807) is 0 Å². The Hall–Kier alpha value is -2.33. The molecule has 4 rings (SSSR count). The first-order chi connectivity index (χ1) is 13.2. The average molecular weight is 365 g/mol. The molecule has 0 spiro atoms. The van der Waals surface area contributed by atoms with E-state index < -0.39 is 0 Å². The SMILES string of the molecule is C[NH+](CC(=O)N1CCN(c2ccccc2)CC1)[C@@H]1CCCc2ccccc21. The molecule has 1 aliphatic carbocycles. The molecule has 2 aromatic carbocycles. The molecule has 1 heterocycles. The number of hydrogen-bond donors (Lipinski definition) is 1. The molecule has 0 bridgehead atoms. The van der Waals surface area contributed by atoms with Crippen molar-refractivity contribution in [2.75, 3.05) is 44.7 Å². The molecule has 142 valence electrons. The predicted octanol–water partition coefficient (Wildman–Crippen LogP) is 1.93. The number of quaternary nitrogens is 1. The zero-order valence-corrected chi connectivity index (χ0v) is 16.2. The quantitative estimate of drug-likeness (QED) is 0.898. The molecule has 1 saturated heterocycles. The van der Waals surface area contributed by atoms with Crippen molar-refractivity contribution in [1.29, 1.82) is 0 Å². The molecule has 2 aromatic rings. The Bertz CT molecular complexity index is 768. The van der Waals surface area contributed by atoms with E-state index in [1.807, 2.05) is 6.07 Å². The third-order valence-electron chi connectivity index (χ3n) is 6.15. The molecule has 1 N–H and O–H groups in total. The molecule has 2 aliphatic rings. The maximum Gasteiger partial charge on any atom is 0.277 e. The number of carbonyl (C=O) groups excluding carboxylic acids is 1. The van der Waals surface area contributed by atoms with Crippen molar-refractivity contribution < 1.29 is 9.69 Å². The molecule has 4 heteroatoms. The van der Waals surface area contributed by atoms with Crippen molar-refractivity contribution in [1.82, 2.24) is 4.90 Å². The van der Waals surface area contributed by atoms with E-state index >= 15 is 0 Å². The van der Waals surface area contributed by atoms with Gasteiger partial charge in [-0.05, 0) is 30.5 Å². The van der Waals surface area contributed by atoms with Crippen molar-refractivity contribution in [3.63, 3.8) is 0 Å². The van der Waals surface area contributed by atoms with Crippen LogP contribution < -0.4 is 9.80 Å². The number of nitrogens with zero attached hydrogens (tertiary/aromatic N) is 2. The molecule has 2 atom stereocenters. The zero-order valence-electron chi connectivity index (χ0n) is 16.2. The lowest BCUT2D eigenvalue weighted by molar-refractivity contribution is -0.905. The van der Waals surface area contributed by atoms with Gasteiger partial charge in [0, 0.05) is 43.9 Å². The van der Waals surface area contributed by atoms with Gasteiger partial charge >= 0.3 is 0 Å². The third-order valence-corrected chi connectivity index (χ3v) is 6.15. The summed E-state index contributed by atoms with van der Waals surface area (Å²) in [6.07, 6.45) is 3.58. The van der Waals surface area contributed by atoms with Gasteiger partial charge in [0.05, 0.1) is 7.05 Å². The number of likely N-dealkylation sites (N-methyl/N-ethyl adjacent to an activating group) is 1. The van der Waals surface area contributed by atoms with Crippen molar-refractivity contribution in [3.05, 3.63) is 65.7 Å². The van der Waals surface area contributed by atoms with Crippen molar-refractivity contribution in [2.24, 2.45) is 0 Å². The van der Waals surface area contributed by atoms with Crippen LogP contribution in [0.25, 0.3) is 0 Å². The summed E-state index contributed by atoms with van der Waals surface area (Å²) in [6, 6.07) is 19.7. The maximum atomic E-state index is 12.9. The highest BCUT2D eigenvalue weighted by Gasteiger charge is 2.30. The van der Waals surface area contributed by atoms with Gasteiger partial charge in [0.2, 0.25) is 0 Å². The fourth-order valence-electron chi connectivity index (χ4n) is 4.59. The summed E-state index contributed by atoms with van der Waals surface area (Å²) < 4.78 is 0. The Morgan fingerprint density at radius 1 is 1.00 bits per heavy atom. The number of fused-ring (bicyclic) bond motifs is 1. The molecule has 1 amide bonds. The first-order valence-electron chi connectivity index (χ1n) is 10.2. The maximum absolute atomic E-state index is 12.9. The summed E-state index contributed by atoms with van der Waals surface area (Å²) >= 11 is 0. The lowest BCUT2D eigenvalue weighted by Crippen LogP contribution is -3.10. The lowest BCUT2D eigenvalue weighted by atomic mass is 9.87. The van der Waals surface area contributed by atoms with Gasteiger partial charge in [0.15, 0.2) is 6.54 Å². The minimum Gasteiger partial charge on any atom is -0.368 e. The monoisotopic (exact) mass is 364 g/mol. The van der Waals surface area contributed by atoms with Gasteiger partial charge in [-0.3, -0.25) is 4.79 Å². The van der Waals surface area contributed by atoms with Crippen LogP contribution >= 0.6 is 0 Å². The lowest BCUT2D eigenvalue weighted by Gasteiger charge is -2.37. The van der Waals surface area contributed by atoms with Crippen LogP contribution in [0.2, 0.25) is 0 Å². The molecule has 1 unspecified atom stereocenters. The van der Waals surface area contributed by atoms with Crippen LogP contribution in [-0.2, 0) is 11.2 Å². The second kappa shape index (κ2) is 8.13. The van der Waals surface area contributed by atoms with Crippen LogP contribution in [0.3, 0.4) is 0 Å². The van der Waals surface area contributed by atoms with Gasteiger partial charge in [-0.1, -0.05) is 42.5 Å². The molecule has 0 radical (unpaired) electrons. The highest BCUT2D eigenvalue weighted by molar-refractivity contribution is 5.77. The number of carbonyl (C=O) groups is 1. The zero-order chi connectivity index (χ0) is 18.6. The minimum atomic E-state index is 0.295. The van der Waals surface area contributed by atoms with Crippen LogP contribution in [0, 0.1) is 0 Å². The molecular formula is C23H30N3O+. The minimum absolute atomic E-state index is 0.295. The largest absolute Gasteiger partial charge is 0.368 e. The third kappa shape index (κ3) is 4.01. The van der Waals surface area contributed by atoms with Crippen LogP contribution in [0.1, 0.15) is 30.0 Å². The number of nitrogens with one attached hydrogen (secondary N) is 1. The number of aryl methyl sites for hydroxylation is 1. The molecule has 27 heavy (non-hydrogen) atoms. The van der Waals surface area contributed by atoms with E-state index in [0.717, 1.165) is 26.2 Å².